The number of amides is 1. The van der Waals surface area contributed by atoms with E-state index in [1.807, 2.05) is 0 Å². The van der Waals surface area contributed by atoms with Crippen molar-refractivity contribution in [2.24, 2.45) is 11.3 Å². The van der Waals surface area contributed by atoms with E-state index in [4.69, 9.17) is 0 Å². The predicted octanol–water partition coefficient (Wildman–Crippen LogP) is 3.15. The molecular weight excluding hydrogens is 268 g/mol. The van der Waals surface area contributed by atoms with Crippen LogP contribution in [0.3, 0.4) is 0 Å². The van der Waals surface area contributed by atoms with E-state index < -0.39 is 0 Å². The van der Waals surface area contributed by atoms with E-state index in [0.29, 0.717) is 11.3 Å². The Bertz CT molecular complexity index is 505. The number of rotatable bonds is 5. The summed E-state index contributed by atoms with van der Waals surface area (Å²) in [5.74, 6) is 1.22. The highest BCUT2D eigenvalue weighted by Crippen LogP contribution is 2.62. The smallest absolute Gasteiger partial charge is 0.241 e. The molecule has 0 radical (unpaired) electrons. The van der Waals surface area contributed by atoms with Gasteiger partial charge in [-0.25, -0.2) is 0 Å². The summed E-state index contributed by atoms with van der Waals surface area (Å²) < 4.78 is 0. The molecule has 2 saturated carbocycles. The number of hydrogen-bond acceptors (Lipinski definition) is 3. The molecule has 4 heteroatoms. The van der Waals surface area contributed by atoms with Gasteiger partial charge in [-0.05, 0) is 65.8 Å². The van der Waals surface area contributed by atoms with Gasteiger partial charge < -0.3 is 4.90 Å². The molecular formula is C16H22N2OS. The van der Waals surface area contributed by atoms with Gasteiger partial charge in [-0.2, -0.15) is 11.3 Å². The van der Waals surface area contributed by atoms with Gasteiger partial charge in [-0.1, -0.05) is 6.92 Å². The maximum atomic E-state index is 12.7. The van der Waals surface area contributed by atoms with Crippen molar-refractivity contribution in [1.82, 2.24) is 10.2 Å². The lowest BCUT2D eigenvalue weighted by molar-refractivity contribution is -0.131. The van der Waals surface area contributed by atoms with Crippen LogP contribution in [0.15, 0.2) is 16.8 Å². The van der Waals surface area contributed by atoms with Crippen LogP contribution in [0, 0.1) is 11.3 Å². The summed E-state index contributed by atoms with van der Waals surface area (Å²) in [5, 5.41) is 7.81. The second-order valence-electron chi connectivity index (χ2n) is 6.69. The molecule has 1 saturated heterocycles. The van der Waals surface area contributed by atoms with Crippen LogP contribution in [0.25, 0.3) is 0 Å². The molecule has 4 rings (SSSR count). The number of hydrogen-bond donors (Lipinski definition) is 1. The SMILES string of the molecule is CCC1NC(c2ccsc2)N(CC2(C3CC3)CC2)C1=O. The fraction of sp³-hybridized carbons (Fsp3) is 0.688. The second-order valence-corrected chi connectivity index (χ2v) is 7.47. The molecule has 2 aliphatic carbocycles. The molecule has 0 bridgehead atoms. The molecule has 108 valence electrons. The zero-order chi connectivity index (χ0) is 13.7. The van der Waals surface area contributed by atoms with Crippen molar-refractivity contribution in [2.45, 2.75) is 51.2 Å². The molecule has 0 aromatic carbocycles. The highest BCUT2D eigenvalue weighted by Gasteiger charge is 2.56. The first-order chi connectivity index (χ1) is 9.73. The van der Waals surface area contributed by atoms with Gasteiger partial charge in [0.1, 0.15) is 6.17 Å². The molecule has 2 heterocycles. The minimum absolute atomic E-state index is 0.00917. The molecule has 20 heavy (non-hydrogen) atoms. The zero-order valence-electron chi connectivity index (χ0n) is 12.0. The number of thiophene rings is 1. The number of nitrogens with zero attached hydrogens (tertiary/aromatic N) is 1. The topological polar surface area (TPSA) is 32.3 Å². The minimum atomic E-state index is 0.00917. The molecule has 1 aromatic rings. The van der Waals surface area contributed by atoms with Crippen molar-refractivity contribution in [2.75, 3.05) is 6.54 Å². The Morgan fingerprint density at radius 2 is 2.25 bits per heavy atom. The zero-order valence-corrected chi connectivity index (χ0v) is 12.8. The summed E-state index contributed by atoms with van der Waals surface area (Å²) in [6, 6.07) is 2.16. The summed E-state index contributed by atoms with van der Waals surface area (Å²) in [4.78, 5) is 14.8. The Hall–Kier alpha value is -0.870. The summed E-state index contributed by atoms with van der Waals surface area (Å²) in [6.45, 7) is 3.07. The summed E-state index contributed by atoms with van der Waals surface area (Å²) >= 11 is 1.71. The van der Waals surface area contributed by atoms with Crippen molar-refractivity contribution in [1.29, 1.82) is 0 Å². The highest BCUT2D eigenvalue weighted by atomic mass is 32.1. The lowest BCUT2D eigenvalue weighted by Crippen LogP contribution is -2.36. The van der Waals surface area contributed by atoms with Crippen LogP contribution in [0.5, 0.6) is 0 Å². The number of carbonyl (C=O) groups is 1. The van der Waals surface area contributed by atoms with Crippen LogP contribution in [0.2, 0.25) is 0 Å². The molecule has 2 atom stereocenters. The maximum absolute atomic E-state index is 12.7. The van der Waals surface area contributed by atoms with Crippen molar-refractivity contribution in [3.05, 3.63) is 22.4 Å². The van der Waals surface area contributed by atoms with E-state index in [9.17, 15) is 4.79 Å². The standard InChI is InChI=1S/C16H22N2OS/c1-2-13-15(19)18(10-16(6-7-16)12-3-4-12)14(17-13)11-5-8-20-9-11/h5,8-9,12-14,17H,2-4,6-7,10H2,1H3. The molecule has 3 aliphatic rings. The van der Waals surface area contributed by atoms with Gasteiger partial charge in [0.2, 0.25) is 5.91 Å². The van der Waals surface area contributed by atoms with E-state index in [1.54, 1.807) is 11.3 Å². The van der Waals surface area contributed by atoms with Gasteiger partial charge in [0.25, 0.3) is 0 Å². The largest absolute Gasteiger partial charge is 0.321 e. The lowest BCUT2D eigenvalue weighted by Gasteiger charge is -2.28. The Morgan fingerprint density at radius 1 is 1.45 bits per heavy atom. The number of carbonyl (C=O) groups excluding carboxylic acids is 1. The summed E-state index contributed by atoms with van der Waals surface area (Å²) in [5.41, 5.74) is 1.74. The van der Waals surface area contributed by atoms with Crippen LogP contribution in [0.1, 0.15) is 50.8 Å². The first-order valence-corrected chi connectivity index (χ1v) is 8.76. The Labute approximate surface area is 124 Å². The van der Waals surface area contributed by atoms with Crippen LogP contribution in [-0.2, 0) is 4.79 Å². The Morgan fingerprint density at radius 3 is 2.80 bits per heavy atom. The average Bonchev–Trinajstić information content (AvgIpc) is 3.35. The minimum Gasteiger partial charge on any atom is -0.321 e. The van der Waals surface area contributed by atoms with Crippen molar-refractivity contribution >= 4 is 17.2 Å². The van der Waals surface area contributed by atoms with E-state index in [0.717, 1.165) is 18.9 Å². The first-order valence-electron chi connectivity index (χ1n) is 7.82. The highest BCUT2D eigenvalue weighted by molar-refractivity contribution is 7.07. The van der Waals surface area contributed by atoms with Crippen molar-refractivity contribution in [3.63, 3.8) is 0 Å². The average molecular weight is 290 g/mol. The monoisotopic (exact) mass is 290 g/mol. The molecule has 1 aromatic heterocycles. The lowest BCUT2D eigenvalue weighted by atomic mass is 9.99. The van der Waals surface area contributed by atoms with E-state index >= 15 is 0 Å². The van der Waals surface area contributed by atoms with Crippen LogP contribution in [-0.4, -0.2) is 23.4 Å². The molecule has 2 unspecified atom stereocenters. The third kappa shape index (κ3) is 2.01. The number of nitrogens with one attached hydrogen (secondary N) is 1. The fourth-order valence-corrected chi connectivity index (χ4v) is 4.42. The quantitative estimate of drug-likeness (QED) is 0.903. The molecule has 3 fully saturated rings. The van der Waals surface area contributed by atoms with Crippen LogP contribution in [0.4, 0.5) is 0 Å². The van der Waals surface area contributed by atoms with E-state index in [-0.39, 0.29) is 12.2 Å². The molecule has 1 N–H and O–H groups in total. The second kappa shape index (κ2) is 4.57. The maximum Gasteiger partial charge on any atom is 0.241 e. The normalized spacial score (nSPS) is 31.9. The Balaban J connectivity index is 1.58. The molecule has 0 spiro atoms. The van der Waals surface area contributed by atoms with Gasteiger partial charge in [0.15, 0.2) is 0 Å². The fourth-order valence-electron chi connectivity index (χ4n) is 3.74. The van der Waals surface area contributed by atoms with Crippen LogP contribution >= 0.6 is 11.3 Å². The van der Waals surface area contributed by atoms with Gasteiger partial charge in [-0.15, -0.1) is 0 Å². The van der Waals surface area contributed by atoms with Crippen molar-refractivity contribution in [3.8, 4) is 0 Å². The van der Waals surface area contributed by atoms with Gasteiger partial charge in [0.05, 0.1) is 6.04 Å². The third-order valence-electron chi connectivity index (χ3n) is 5.34. The van der Waals surface area contributed by atoms with Crippen molar-refractivity contribution < 1.29 is 4.79 Å². The third-order valence-corrected chi connectivity index (χ3v) is 6.04. The van der Waals surface area contributed by atoms with Gasteiger partial charge in [-0.3, -0.25) is 10.1 Å². The van der Waals surface area contributed by atoms with E-state index in [2.05, 4.69) is 34.0 Å². The summed E-state index contributed by atoms with van der Waals surface area (Å²) in [6.07, 6.45) is 6.41. The predicted molar refractivity (Wildman–Crippen MR) is 80.4 cm³/mol. The molecule has 1 aliphatic heterocycles. The van der Waals surface area contributed by atoms with Gasteiger partial charge in [0, 0.05) is 6.54 Å². The Kier molecular flexibility index (Phi) is 2.93. The molecule has 3 nitrogen and oxygen atoms in total. The van der Waals surface area contributed by atoms with Gasteiger partial charge >= 0.3 is 0 Å². The first kappa shape index (κ1) is 12.8. The van der Waals surface area contributed by atoms with Crippen LogP contribution < -0.4 is 5.32 Å². The van der Waals surface area contributed by atoms with E-state index in [1.165, 1.54) is 31.2 Å². The molecule has 1 amide bonds. The summed E-state index contributed by atoms with van der Waals surface area (Å²) in [7, 11) is 0.